The molecule has 5 heteroatoms. The molecule has 0 unspecified atom stereocenters. The smallest absolute Gasteiger partial charge is 0.155 e. The van der Waals surface area contributed by atoms with E-state index in [0.717, 1.165) is 37.0 Å². The van der Waals surface area contributed by atoms with Crippen LogP contribution in [0, 0.1) is 6.92 Å². The summed E-state index contributed by atoms with van der Waals surface area (Å²) in [7, 11) is 0. The molecule has 0 spiro atoms. The summed E-state index contributed by atoms with van der Waals surface area (Å²) in [5.41, 5.74) is 0. The minimum atomic E-state index is 0.443. The third-order valence-electron chi connectivity index (χ3n) is 3.44. The summed E-state index contributed by atoms with van der Waals surface area (Å²) in [6.45, 7) is 4.96. The van der Waals surface area contributed by atoms with Gasteiger partial charge < -0.3 is 4.42 Å². The van der Waals surface area contributed by atoms with Gasteiger partial charge in [0.15, 0.2) is 5.82 Å². The van der Waals surface area contributed by atoms with E-state index < -0.39 is 0 Å². The Morgan fingerprint density at radius 2 is 2.50 bits per heavy atom. The van der Waals surface area contributed by atoms with Crippen LogP contribution < -0.4 is 0 Å². The van der Waals surface area contributed by atoms with Crippen molar-refractivity contribution in [3.8, 4) is 0 Å². The zero-order valence-corrected chi connectivity index (χ0v) is 10.6. The van der Waals surface area contributed by atoms with Crippen molar-refractivity contribution in [2.45, 2.75) is 32.2 Å². The standard InChI is InChI=1S/C13H18N4O/c1-10-14-13(16-15-10)11-4-2-6-17(8-11)9-12-5-3-7-18-12/h3,5,7,11H,2,4,6,8-9H2,1H3,(H,14,15,16)/t11-/m1/s1. The number of H-pyrrole nitrogens is 1. The van der Waals surface area contributed by atoms with Crippen LogP contribution in [-0.2, 0) is 6.54 Å². The summed E-state index contributed by atoms with van der Waals surface area (Å²) in [6, 6.07) is 3.97. The van der Waals surface area contributed by atoms with E-state index in [4.69, 9.17) is 4.42 Å². The minimum absolute atomic E-state index is 0.443. The van der Waals surface area contributed by atoms with E-state index in [1.54, 1.807) is 6.26 Å². The first-order valence-electron chi connectivity index (χ1n) is 6.45. The lowest BCUT2D eigenvalue weighted by Crippen LogP contribution is -2.34. The van der Waals surface area contributed by atoms with Gasteiger partial charge in [-0.3, -0.25) is 10.00 Å². The van der Waals surface area contributed by atoms with Gasteiger partial charge in [-0.2, -0.15) is 5.10 Å². The fourth-order valence-corrected chi connectivity index (χ4v) is 2.58. The number of aromatic nitrogens is 3. The number of aryl methyl sites for hydroxylation is 1. The van der Waals surface area contributed by atoms with Crippen LogP contribution in [0.2, 0.25) is 0 Å². The van der Waals surface area contributed by atoms with Crippen LogP contribution in [0.25, 0.3) is 0 Å². The summed E-state index contributed by atoms with van der Waals surface area (Å²) in [6.07, 6.45) is 4.10. The van der Waals surface area contributed by atoms with Crippen LogP contribution in [0.1, 0.15) is 36.2 Å². The molecule has 96 valence electrons. The van der Waals surface area contributed by atoms with Crippen molar-refractivity contribution < 1.29 is 4.42 Å². The van der Waals surface area contributed by atoms with E-state index in [1.807, 2.05) is 19.1 Å². The van der Waals surface area contributed by atoms with Crippen LogP contribution in [0.3, 0.4) is 0 Å². The highest BCUT2D eigenvalue weighted by atomic mass is 16.3. The fraction of sp³-hybridized carbons (Fsp3) is 0.538. The largest absolute Gasteiger partial charge is 0.468 e. The first kappa shape index (κ1) is 11.5. The molecule has 3 rings (SSSR count). The molecule has 0 amide bonds. The number of rotatable bonds is 3. The van der Waals surface area contributed by atoms with Gasteiger partial charge in [-0.15, -0.1) is 0 Å². The number of nitrogens with one attached hydrogen (secondary N) is 1. The third kappa shape index (κ3) is 2.46. The summed E-state index contributed by atoms with van der Waals surface area (Å²) in [5, 5.41) is 7.21. The van der Waals surface area contributed by atoms with Gasteiger partial charge in [0.05, 0.1) is 12.8 Å². The Kier molecular flexibility index (Phi) is 3.15. The molecular weight excluding hydrogens is 228 g/mol. The van der Waals surface area contributed by atoms with Crippen LogP contribution in [-0.4, -0.2) is 33.2 Å². The van der Waals surface area contributed by atoms with E-state index in [-0.39, 0.29) is 0 Å². The van der Waals surface area contributed by atoms with Crippen LogP contribution >= 0.6 is 0 Å². The molecule has 1 aliphatic heterocycles. The van der Waals surface area contributed by atoms with Gasteiger partial charge in [0.1, 0.15) is 11.6 Å². The molecule has 1 fully saturated rings. The van der Waals surface area contributed by atoms with Crippen molar-refractivity contribution in [3.63, 3.8) is 0 Å². The highest BCUT2D eigenvalue weighted by Crippen LogP contribution is 2.25. The fourth-order valence-electron chi connectivity index (χ4n) is 2.58. The second-order valence-corrected chi connectivity index (χ2v) is 4.93. The molecule has 5 nitrogen and oxygen atoms in total. The van der Waals surface area contributed by atoms with Gasteiger partial charge in [-0.05, 0) is 38.4 Å². The van der Waals surface area contributed by atoms with Crippen LogP contribution in [0.15, 0.2) is 22.8 Å². The lowest BCUT2D eigenvalue weighted by atomic mass is 9.97. The quantitative estimate of drug-likeness (QED) is 0.901. The zero-order valence-electron chi connectivity index (χ0n) is 10.6. The molecule has 1 aliphatic rings. The number of furan rings is 1. The molecule has 2 aromatic rings. The van der Waals surface area contributed by atoms with Gasteiger partial charge in [0.25, 0.3) is 0 Å². The predicted octanol–water partition coefficient (Wildman–Crippen LogP) is 2.09. The Labute approximate surface area is 106 Å². The number of nitrogens with zero attached hydrogens (tertiary/aromatic N) is 3. The van der Waals surface area contributed by atoms with Crippen molar-refractivity contribution in [3.05, 3.63) is 35.8 Å². The molecular formula is C13H18N4O. The summed E-state index contributed by atoms with van der Waals surface area (Å²) >= 11 is 0. The summed E-state index contributed by atoms with van der Waals surface area (Å²) in [4.78, 5) is 6.86. The average Bonchev–Trinajstić information content (AvgIpc) is 3.01. The van der Waals surface area contributed by atoms with Gasteiger partial charge in [-0.25, -0.2) is 4.98 Å². The Morgan fingerprint density at radius 3 is 3.22 bits per heavy atom. The van der Waals surface area contributed by atoms with E-state index >= 15 is 0 Å². The lowest BCUT2D eigenvalue weighted by Gasteiger charge is -2.30. The second kappa shape index (κ2) is 4.94. The van der Waals surface area contributed by atoms with Gasteiger partial charge in [-0.1, -0.05) is 0 Å². The first-order valence-corrected chi connectivity index (χ1v) is 6.45. The Balaban J connectivity index is 1.65. The summed E-state index contributed by atoms with van der Waals surface area (Å²) in [5.74, 6) is 3.32. The number of hydrogen-bond donors (Lipinski definition) is 1. The number of likely N-dealkylation sites (tertiary alicyclic amines) is 1. The van der Waals surface area contributed by atoms with Gasteiger partial charge >= 0.3 is 0 Å². The first-order chi connectivity index (χ1) is 8.81. The predicted molar refractivity (Wildman–Crippen MR) is 67.1 cm³/mol. The Hall–Kier alpha value is -1.62. The molecule has 1 saturated heterocycles. The maximum atomic E-state index is 5.40. The van der Waals surface area contributed by atoms with Crippen molar-refractivity contribution in [2.24, 2.45) is 0 Å². The second-order valence-electron chi connectivity index (χ2n) is 4.93. The Morgan fingerprint density at radius 1 is 1.56 bits per heavy atom. The van der Waals surface area contributed by atoms with Crippen LogP contribution in [0.4, 0.5) is 0 Å². The SMILES string of the molecule is Cc1nc([C@@H]2CCCN(Cc3ccco3)C2)n[nH]1. The highest BCUT2D eigenvalue weighted by Gasteiger charge is 2.24. The molecule has 0 bridgehead atoms. The maximum absolute atomic E-state index is 5.40. The molecule has 0 saturated carbocycles. The third-order valence-corrected chi connectivity index (χ3v) is 3.44. The normalized spacial score (nSPS) is 21.3. The lowest BCUT2D eigenvalue weighted by molar-refractivity contribution is 0.183. The van der Waals surface area contributed by atoms with Gasteiger partial charge in [0, 0.05) is 12.5 Å². The minimum Gasteiger partial charge on any atom is -0.468 e. The molecule has 1 N–H and O–H groups in total. The Bertz CT molecular complexity index is 491. The number of aromatic amines is 1. The molecule has 2 aromatic heterocycles. The number of piperidine rings is 1. The zero-order chi connectivity index (χ0) is 12.4. The molecule has 0 aromatic carbocycles. The summed E-state index contributed by atoms with van der Waals surface area (Å²) < 4.78 is 5.40. The van der Waals surface area contributed by atoms with Crippen molar-refractivity contribution in [2.75, 3.05) is 13.1 Å². The van der Waals surface area contributed by atoms with Gasteiger partial charge in [0.2, 0.25) is 0 Å². The van der Waals surface area contributed by atoms with E-state index in [9.17, 15) is 0 Å². The van der Waals surface area contributed by atoms with E-state index in [2.05, 4.69) is 20.1 Å². The van der Waals surface area contributed by atoms with Crippen molar-refractivity contribution in [1.82, 2.24) is 20.1 Å². The number of hydrogen-bond acceptors (Lipinski definition) is 4. The monoisotopic (exact) mass is 246 g/mol. The molecule has 1 atom stereocenters. The molecule has 18 heavy (non-hydrogen) atoms. The van der Waals surface area contributed by atoms with Crippen molar-refractivity contribution >= 4 is 0 Å². The van der Waals surface area contributed by atoms with E-state index in [1.165, 1.54) is 12.8 Å². The topological polar surface area (TPSA) is 58.0 Å². The average molecular weight is 246 g/mol. The van der Waals surface area contributed by atoms with Crippen LogP contribution in [0.5, 0.6) is 0 Å². The van der Waals surface area contributed by atoms with E-state index in [0.29, 0.717) is 5.92 Å². The van der Waals surface area contributed by atoms with Crippen molar-refractivity contribution in [1.29, 1.82) is 0 Å². The maximum Gasteiger partial charge on any atom is 0.155 e. The molecule has 0 aliphatic carbocycles. The molecule has 3 heterocycles. The highest BCUT2D eigenvalue weighted by molar-refractivity contribution is 5.02. The molecule has 0 radical (unpaired) electrons.